The van der Waals surface area contributed by atoms with Gasteiger partial charge in [-0.05, 0) is 35.1 Å². The van der Waals surface area contributed by atoms with Crippen LogP contribution in [0.3, 0.4) is 0 Å². The molecule has 1 aromatic rings. The highest BCUT2D eigenvalue weighted by Crippen LogP contribution is 2.37. The molecule has 0 saturated heterocycles. The van der Waals surface area contributed by atoms with Crippen LogP contribution in [0.4, 0.5) is 0 Å². The van der Waals surface area contributed by atoms with Gasteiger partial charge >= 0.3 is 0 Å². The fourth-order valence-electron chi connectivity index (χ4n) is 1.87. The Hall–Kier alpha value is -0.970. The summed E-state index contributed by atoms with van der Waals surface area (Å²) in [6.07, 6.45) is 2.76. The Bertz CT molecular complexity index is 329. The van der Waals surface area contributed by atoms with Gasteiger partial charge in [0.05, 0.1) is 6.54 Å². The molecule has 1 aliphatic rings. The Labute approximate surface area is 96.6 Å². The van der Waals surface area contributed by atoms with E-state index in [9.17, 15) is 0 Å². The fraction of sp³-hybridized carbons (Fsp3) is 0.909. The molecule has 0 aromatic carbocycles. The van der Waals surface area contributed by atoms with Crippen molar-refractivity contribution in [2.45, 2.75) is 52.7 Å². The van der Waals surface area contributed by atoms with Crippen LogP contribution in [-0.4, -0.2) is 26.2 Å². The molecule has 1 atom stereocenters. The predicted octanol–water partition coefficient (Wildman–Crippen LogP) is 1.22. The van der Waals surface area contributed by atoms with Crippen LogP contribution in [0.1, 0.15) is 39.4 Å². The smallest absolute Gasteiger partial charge is 0.165 e. The highest BCUT2D eigenvalue weighted by molar-refractivity contribution is 4.84. The zero-order chi connectivity index (χ0) is 11.5. The lowest BCUT2D eigenvalue weighted by Crippen LogP contribution is -2.25. The molecule has 1 unspecified atom stereocenters. The Morgan fingerprint density at radius 2 is 2.12 bits per heavy atom. The van der Waals surface area contributed by atoms with Crippen molar-refractivity contribution in [3.05, 3.63) is 5.82 Å². The van der Waals surface area contributed by atoms with Crippen LogP contribution in [0.2, 0.25) is 0 Å². The van der Waals surface area contributed by atoms with E-state index in [0.29, 0.717) is 12.0 Å². The lowest BCUT2D eigenvalue weighted by molar-refractivity contribution is 0.386. The van der Waals surface area contributed by atoms with E-state index in [-0.39, 0.29) is 0 Å². The first-order valence-corrected chi connectivity index (χ1v) is 6.15. The Morgan fingerprint density at radius 3 is 2.75 bits per heavy atom. The van der Waals surface area contributed by atoms with Crippen molar-refractivity contribution in [2.75, 3.05) is 0 Å². The highest BCUT2D eigenvalue weighted by Gasteiger charge is 2.28. The van der Waals surface area contributed by atoms with Crippen molar-refractivity contribution in [2.24, 2.45) is 11.8 Å². The van der Waals surface area contributed by atoms with Crippen molar-refractivity contribution in [3.8, 4) is 0 Å². The van der Waals surface area contributed by atoms with Crippen LogP contribution in [-0.2, 0) is 13.1 Å². The maximum atomic E-state index is 4.06. The minimum Gasteiger partial charge on any atom is -0.308 e. The Balaban J connectivity index is 1.90. The van der Waals surface area contributed by atoms with Crippen LogP contribution in [0.5, 0.6) is 0 Å². The molecule has 1 saturated carbocycles. The van der Waals surface area contributed by atoms with Gasteiger partial charge in [0, 0.05) is 12.6 Å². The third kappa shape index (κ3) is 3.01. The second kappa shape index (κ2) is 4.91. The van der Waals surface area contributed by atoms with Gasteiger partial charge in [-0.3, -0.25) is 0 Å². The van der Waals surface area contributed by atoms with Crippen molar-refractivity contribution in [1.29, 1.82) is 0 Å². The molecular weight excluding hydrogens is 202 g/mol. The van der Waals surface area contributed by atoms with Crippen molar-refractivity contribution in [3.63, 3.8) is 0 Å². The first-order chi connectivity index (χ1) is 7.66. The molecule has 1 N–H and O–H groups in total. The summed E-state index contributed by atoms with van der Waals surface area (Å²) in [5.74, 6) is 2.54. The molecule has 0 radical (unpaired) electrons. The average molecular weight is 223 g/mol. The SMILES string of the molecule is CC(C)NCc1nnnn1CC(C)C1CC1. The summed E-state index contributed by atoms with van der Waals surface area (Å²) in [6, 6.07) is 0.464. The molecule has 1 heterocycles. The quantitative estimate of drug-likeness (QED) is 0.787. The number of nitrogens with zero attached hydrogens (tertiary/aromatic N) is 4. The largest absolute Gasteiger partial charge is 0.308 e. The third-order valence-corrected chi connectivity index (χ3v) is 3.16. The first kappa shape index (κ1) is 11.5. The predicted molar refractivity (Wildman–Crippen MR) is 61.7 cm³/mol. The minimum atomic E-state index is 0.464. The average Bonchev–Trinajstić information content (AvgIpc) is 2.99. The molecule has 0 bridgehead atoms. The van der Waals surface area contributed by atoms with Gasteiger partial charge < -0.3 is 5.32 Å². The van der Waals surface area contributed by atoms with Gasteiger partial charge in [0.15, 0.2) is 5.82 Å². The van der Waals surface area contributed by atoms with E-state index in [1.54, 1.807) is 0 Å². The van der Waals surface area contributed by atoms with Gasteiger partial charge in [-0.1, -0.05) is 20.8 Å². The number of tetrazole rings is 1. The van der Waals surface area contributed by atoms with E-state index in [4.69, 9.17) is 0 Å². The maximum absolute atomic E-state index is 4.06. The fourth-order valence-corrected chi connectivity index (χ4v) is 1.87. The van der Waals surface area contributed by atoms with Crippen molar-refractivity contribution in [1.82, 2.24) is 25.5 Å². The summed E-state index contributed by atoms with van der Waals surface area (Å²) in [5, 5.41) is 15.2. The monoisotopic (exact) mass is 223 g/mol. The van der Waals surface area contributed by atoms with E-state index in [0.717, 1.165) is 24.8 Å². The molecule has 5 heteroatoms. The molecular formula is C11H21N5. The summed E-state index contributed by atoms with van der Waals surface area (Å²) >= 11 is 0. The topological polar surface area (TPSA) is 55.6 Å². The zero-order valence-electron chi connectivity index (χ0n) is 10.3. The lowest BCUT2D eigenvalue weighted by Gasteiger charge is -2.12. The van der Waals surface area contributed by atoms with Crippen LogP contribution in [0, 0.1) is 11.8 Å². The van der Waals surface area contributed by atoms with E-state index >= 15 is 0 Å². The summed E-state index contributed by atoms with van der Waals surface area (Å²) in [6.45, 7) is 8.25. The molecule has 0 spiro atoms. The molecule has 1 aromatic heterocycles. The second-order valence-electron chi connectivity index (χ2n) is 5.13. The molecule has 16 heavy (non-hydrogen) atoms. The molecule has 2 rings (SSSR count). The van der Waals surface area contributed by atoms with Crippen LogP contribution in [0.25, 0.3) is 0 Å². The molecule has 90 valence electrons. The second-order valence-corrected chi connectivity index (χ2v) is 5.13. The van der Waals surface area contributed by atoms with Crippen molar-refractivity contribution < 1.29 is 0 Å². The molecule has 1 fully saturated rings. The molecule has 0 amide bonds. The first-order valence-electron chi connectivity index (χ1n) is 6.15. The van der Waals surface area contributed by atoms with Gasteiger partial charge in [-0.2, -0.15) is 0 Å². The zero-order valence-corrected chi connectivity index (χ0v) is 10.3. The Kier molecular flexibility index (Phi) is 3.53. The number of nitrogens with one attached hydrogen (secondary N) is 1. The van der Waals surface area contributed by atoms with E-state index in [2.05, 4.69) is 41.6 Å². The van der Waals surface area contributed by atoms with E-state index in [1.165, 1.54) is 12.8 Å². The lowest BCUT2D eigenvalue weighted by atomic mass is 10.1. The highest BCUT2D eigenvalue weighted by atomic mass is 15.5. The van der Waals surface area contributed by atoms with Gasteiger partial charge in [0.2, 0.25) is 0 Å². The van der Waals surface area contributed by atoms with Crippen LogP contribution in [0.15, 0.2) is 0 Å². The number of rotatable bonds is 6. The number of aromatic nitrogens is 4. The summed E-state index contributed by atoms with van der Waals surface area (Å²) in [5.41, 5.74) is 0. The summed E-state index contributed by atoms with van der Waals surface area (Å²) < 4.78 is 1.94. The van der Waals surface area contributed by atoms with E-state index < -0.39 is 0 Å². The van der Waals surface area contributed by atoms with Crippen LogP contribution >= 0.6 is 0 Å². The third-order valence-electron chi connectivity index (χ3n) is 3.16. The van der Waals surface area contributed by atoms with Crippen LogP contribution < -0.4 is 5.32 Å². The van der Waals surface area contributed by atoms with Gasteiger partial charge in [0.1, 0.15) is 0 Å². The maximum Gasteiger partial charge on any atom is 0.165 e. The standard InChI is InChI=1S/C11H21N5/c1-8(2)12-6-11-13-14-15-16(11)7-9(3)10-4-5-10/h8-10,12H,4-7H2,1-3H3. The normalized spacial score (nSPS) is 18.0. The van der Waals surface area contributed by atoms with Gasteiger partial charge in [-0.25, -0.2) is 4.68 Å². The van der Waals surface area contributed by atoms with Gasteiger partial charge in [-0.15, -0.1) is 5.10 Å². The summed E-state index contributed by atoms with van der Waals surface area (Å²) in [4.78, 5) is 0. The minimum absolute atomic E-state index is 0.464. The molecule has 5 nitrogen and oxygen atoms in total. The number of hydrogen-bond acceptors (Lipinski definition) is 4. The van der Waals surface area contributed by atoms with Crippen molar-refractivity contribution >= 4 is 0 Å². The molecule has 0 aliphatic heterocycles. The Morgan fingerprint density at radius 1 is 1.38 bits per heavy atom. The van der Waals surface area contributed by atoms with Gasteiger partial charge in [0.25, 0.3) is 0 Å². The summed E-state index contributed by atoms with van der Waals surface area (Å²) in [7, 11) is 0. The number of hydrogen-bond donors (Lipinski definition) is 1. The van der Waals surface area contributed by atoms with E-state index in [1.807, 2.05) is 4.68 Å². The molecule has 1 aliphatic carbocycles.